The highest BCUT2D eigenvalue weighted by Gasteiger charge is 2.81. The predicted octanol–water partition coefficient (Wildman–Crippen LogP) is 4.29. The molecule has 2 saturated heterocycles. The molecule has 144 valence electrons. The number of nitrogens with zero attached hydrogens (tertiary/aromatic N) is 3. The van der Waals surface area contributed by atoms with Crippen molar-refractivity contribution >= 4 is 5.90 Å². The molecule has 1 saturated carbocycles. The van der Waals surface area contributed by atoms with Crippen molar-refractivity contribution in [1.29, 1.82) is 21.2 Å². The third-order valence-corrected chi connectivity index (χ3v) is 7.10. The molecule has 0 aromatic carbocycles. The van der Waals surface area contributed by atoms with Crippen molar-refractivity contribution in [2.24, 2.45) is 28.6 Å². The van der Waals surface area contributed by atoms with Gasteiger partial charge in [0.05, 0.1) is 30.2 Å². The summed E-state index contributed by atoms with van der Waals surface area (Å²) < 4.78 is 12.4. The zero-order chi connectivity index (χ0) is 19.9. The number of hydrogen-bond donors (Lipinski definition) is 1. The van der Waals surface area contributed by atoms with Gasteiger partial charge in [0.2, 0.25) is 11.7 Å². The van der Waals surface area contributed by atoms with Crippen molar-refractivity contribution < 1.29 is 9.47 Å². The van der Waals surface area contributed by atoms with E-state index in [9.17, 15) is 15.8 Å². The third-order valence-electron chi connectivity index (χ3n) is 7.10. The van der Waals surface area contributed by atoms with Crippen LogP contribution in [0.1, 0.15) is 65.7 Å². The van der Waals surface area contributed by atoms with E-state index in [0.29, 0.717) is 18.8 Å². The number of unbranched alkanes of at least 4 members (excludes halogenated alkanes) is 1. The first-order valence-corrected chi connectivity index (χ1v) is 10.1. The molecular weight excluding hydrogens is 340 g/mol. The lowest BCUT2D eigenvalue weighted by molar-refractivity contribution is -0.305. The molecule has 2 heterocycles. The van der Waals surface area contributed by atoms with E-state index in [4.69, 9.17) is 14.9 Å². The van der Waals surface area contributed by atoms with Gasteiger partial charge in [0.25, 0.3) is 0 Å². The SMILES string of the molecule is CCCCC(CC)C1OC23CCC(C)CC2C(C#N)(C(=N)O3)C1(C#N)C#N. The molecular formula is C21H28N4O2. The first-order valence-electron chi connectivity index (χ1n) is 10.1. The molecule has 1 N–H and O–H groups in total. The van der Waals surface area contributed by atoms with E-state index in [0.717, 1.165) is 32.1 Å². The van der Waals surface area contributed by atoms with Gasteiger partial charge in [-0.2, -0.15) is 15.8 Å². The quantitative estimate of drug-likeness (QED) is 0.777. The summed E-state index contributed by atoms with van der Waals surface area (Å²) in [6, 6.07) is 6.60. The van der Waals surface area contributed by atoms with Crippen molar-refractivity contribution in [3.8, 4) is 18.2 Å². The zero-order valence-corrected chi connectivity index (χ0v) is 16.4. The van der Waals surface area contributed by atoms with Gasteiger partial charge >= 0.3 is 0 Å². The first kappa shape index (κ1) is 19.7. The van der Waals surface area contributed by atoms with Crippen LogP contribution in [0.2, 0.25) is 0 Å². The highest BCUT2D eigenvalue weighted by molar-refractivity contribution is 5.89. The Bertz CT molecular complexity index is 731. The molecule has 6 atom stereocenters. The van der Waals surface area contributed by atoms with Gasteiger partial charge in [0, 0.05) is 6.42 Å². The molecule has 6 heteroatoms. The topological polar surface area (TPSA) is 114 Å². The molecule has 0 aromatic heterocycles. The number of hydrogen-bond acceptors (Lipinski definition) is 6. The van der Waals surface area contributed by atoms with Crippen molar-refractivity contribution in [1.82, 2.24) is 0 Å². The second kappa shape index (κ2) is 6.81. The summed E-state index contributed by atoms with van der Waals surface area (Å²) in [5.74, 6) is -1.43. The van der Waals surface area contributed by atoms with Gasteiger partial charge in [-0.15, -0.1) is 0 Å². The van der Waals surface area contributed by atoms with Crippen LogP contribution in [-0.4, -0.2) is 17.8 Å². The summed E-state index contributed by atoms with van der Waals surface area (Å²) in [5.41, 5.74) is -3.29. The van der Waals surface area contributed by atoms with Crippen molar-refractivity contribution in [2.75, 3.05) is 0 Å². The van der Waals surface area contributed by atoms with Gasteiger partial charge in [0.15, 0.2) is 10.8 Å². The summed E-state index contributed by atoms with van der Waals surface area (Å²) in [6.45, 7) is 6.24. The third kappa shape index (κ3) is 2.35. The Hall–Kier alpha value is -2.10. The molecule has 0 spiro atoms. The van der Waals surface area contributed by atoms with Crippen LogP contribution in [0.25, 0.3) is 0 Å². The number of nitrogens with one attached hydrogen (secondary N) is 1. The van der Waals surface area contributed by atoms with Crippen LogP contribution in [0.15, 0.2) is 0 Å². The molecule has 3 aliphatic rings. The van der Waals surface area contributed by atoms with Crippen molar-refractivity contribution in [3.05, 3.63) is 0 Å². The van der Waals surface area contributed by atoms with E-state index >= 15 is 0 Å². The fourth-order valence-electron chi connectivity index (χ4n) is 5.54. The van der Waals surface area contributed by atoms with Gasteiger partial charge in [-0.05, 0) is 31.1 Å². The molecule has 1 aliphatic carbocycles. The molecule has 6 nitrogen and oxygen atoms in total. The first-order chi connectivity index (χ1) is 12.9. The van der Waals surface area contributed by atoms with Crippen molar-refractivity contribution in [3.63, 3.8) is 0 Å². The number of ether oxygens (including phenoxy) is 2. The largest absolute Gasteiger partial charge is 0.447 e. The van der Waals surface area contributed by atoms with Crippen LogP contribution < -0.4 is 0 Å². The molecule has 2 bridgehead atoms. The Labute approximate surface area is 161 Å². The molecule has 0 aromatic rings. The summed E-state index contributed by atoms with van der Waals surface area (Å²) >= 11 is 0. The maximum Gasteiger partial charge on any atom is 0.217 e. The van der Waals surface area contributed by atoms with E-state index in [-0.39, 0.29) is 11.8 Å². The van der Waals surface area contributed by atoms with Gasteiger partial charge in [-0.1, -0.05) is 40.0 Å². The Kier molecular flexibility index (Phi) is 4.96. The Morgan fingerprint density at radius 2 is 1.93 bits per heavy atom. The molecule has 27 heavy (non-hydrogen) atoms. The van der Waals surface area contributed by atoms with E-state index in [1.165, 1.54) is 0 Å². The summed E-state index contributed by atoms with van der Waals surface area (Å²) in [4.78, 5) is 0. The predicted molar refractivity (Wildman–Crippen MR) is 97.9 cm³/mol. The lowest BCUT2D eigenvalue weighted by Crippen LogP contribution is -2.65. The van der Waals surface area contributed by atoms with Gasteiger partial charge in [0.1, 0.15) is 0 Å². The van der Waals surface area contributed by atoms with E-state index in [2.05, 4.69) is 32.1 Å². The second-order valence-electron chi connectivity index (χ2n) is 8.48. The van der Waals surface area contributed by atoms with Gasteiger partial charge in [-0.3, -0.25) is 5.41 Å². The van der Waals surface area contributed by atoms with Crippen LogP contribution >= 0.6 is 0 Å². The maximum absolute atomic E-state index is 10.3. The smallest absolute Gasteiger partial charge is 0.217 e. The van der Waals surface area contributed by atoms with Crippen LogP contribution in [0.5, 0.6) is 0 Å². The second-order valence-corrected chi connectivity index (χ2v) is 8.48. The number of rotatable bonds is 5. The zero-order valence-electron chi connectivity index (χ0n) is 16.4. The molecule has 0 amide bonds. The lowest BCUT2D eigenvalue weighted by atomic mass is 9.50. The van der Waals surface area contributed by atoms with Crippen LogP contribution in [-0.2, 0) is 9.47 Å². The highest BCUT2D eigenvalue weighted by Crippen LogP contribution is 2.67. The molecule has 3 fully saturated rings. The minimum atomic E-state index is -1.73. The molecule has 6 unspecified atom stereocenters. The van der Waals surface area contributed by atoms with E-state index in [1.54, 1.807) is 0 Å². The van der Waals surface area contributed by atoms with Crippen molar-refractivity contribution in [2.45, 2.75) is 77.6 Å². The van der Waals surface area contributed by atoms with Crippen LogP contribution in [0.4, 0.5) is 0 Å². The monoisotopic (exact) mass is 368 g/mol. The normalized spacial score (nSPS) is 40.0. The van der Waals surface area contributed by atoms with E-state index in [1.807, 2.05) is 6.92 Å². The standard InChI is InChI=1S/C21H28N4O2/c1-4-6-7-15(5-2)17-19(11-22,12-23)20(13-24)16-10-14(3)8-9-21(16,26-17)27-18(20)25/h14-17,25H,4-10H2,1-3H3. The fourth-order valence-corrected chi connectivity index (χ4v) is 5.54. The van der Waals surface area contributed by atoms with Gasteiger partial charge in [-0.25, -0.2) is 0 Å². The number of nitriles is 3. The van der Waals surface area contributed by atoms with E-state index < -0.39 is 28.6 Å². The molecule has 0 radical (unpaired) electrons. The van der Waals surface area contributed by atoms with Crippen LogP contribution in [0, 0.1) is 68.0 Å². The average Bonchev–Trinajstić information content (AvgIpc) is 2.87. The minimum Gasteiger partial charge on any atom is -0.447 e. The Balaban J connectivity index is 2.20. The highest BCUT2D eigenvalue weighted by atomic mass is 16.7. The molecule has 3 rings (SSSR count). The Morgan fingerprint density at radius 1 is 1.22 bits per heavy atom. The minimum absolute atomic E-state index is 0.0244. The average molecular weight is 368 g/mol. The summed E-state index contributed by atoms with van der Waals surface area (Å²) in [7, 11) is 0. The summed E-state index contributed by atoms with van der Waals surface area (Å²) in [6.07, 6.45) is 4.94. The summed E-state index contributed by atoms with van der Waals surface area (Å²) in [5, 5.41) is 39.2. The van der Waals surface area contributed by atoms with Gasteiger partial charge < -0.3 is 9.47 Å². The van der Waals surface area contributed by atoms with Crippen LogP contribution in [0.3, 0.4) is 0 Å². The Morgan fingerprint density at radius 3 is 2.48 bits per heavy atom. The lowest BCUT2D eigenvalue weighted by Gasteiger charge is -2.54. The maximum atomic E-state index is 10.3. The fraction of sp³-hybridized carbons (Fsp3) is 0.810. The molecule has 2 aliphatic heterocycles.